The normalized spacial score (nSPS) is 11.2. The molecule has 31 heavy (non-hydrogen) atoms. The SMILES string of the molecule is Cl.O=C(O)CC(NC(=O)OCc1ccccc1)C(=O)Cn1nnc(Cn2ccnc2)n1. The number of amides is 1. The van der Waals surface area contributed by atoms with Crippen LogP contribution < -0.4 is 5.32 Å². The van der Waals surface area contributed by atoms with Crippen molar-refractivity contribution in [1.82, 2.24) is 35.1 Å². The number of hydrogen-bond acceptors (Lipinski definition) is 8. The van der Waals surface area contributed by atoms with Crippen LogP contribution in [0.15, 0.2) is 49.1 Å². The van der Waals surface area contributed by atoms with Gasteiger partial charge < -0.3 is 19.7 Å². The lowest BCUT2D eigenvalue weighted by molar-refractivity contribution is -0.139. The van der Waals surface area contributed by atoms with Gasteiger partial charge in [0.1, 0.15) is 19.2 Å². The van der Waals surface area contributed by atoms with E-state index in [2.05, 4.69) is 25.7 Å². The number of alkyl carbamates (subject to hydrolysis) is 1. The second-order valence-electron chi connectivity index (χ2n) is 6.29. The van der Waals surface area contributed by atoms with Crippen molar-refractivity contribution >= 4 is 30.3 Å². The van der Waals surface area contributed by atoms with Crippen LogP contribution in [0.4, 0.5) is 4.79 Å². The molecule has 0 saturated heterocycles. The van der Waals surface area contributed by atoms with Crippen LogP contribution in [0.25, 0.3) is 0 Å². The van der Waals surface area contributed by atoms with Crippen LogP contribution in [-0.4, -0.2) is 58.8 Å². The molecule has 12 nitrogen and oxygen atoms in total. The van der Waals surface area contributed by atoms with Crippen LogP contribution in [0, 0.1) is 0 Å². The maximum absolute atomic E-state index is 12.5. The van der Waals surface area contributed by atoms with Crippen LogP contribution in [0.3, 0.4) is 0 Å². The number of carboxylic acid groups (broad SMARTS) is 1. The molecule has 3 rings (SSSR count). The molecule has 2 N–H and O–H groups in total. The predicted octanol–water partition coefficient (Wildman–Crippen LogP) is 0.678. The molecule has 164 valence electrons. The molecule has 13 heteroatoms. The molecule has 0 fully saturated rings. The van der Waals surface area contributed by atoms with Gasteiger partial charge in [-0.15, -0.1) is 22.6 Å². The summed E-state index contributed by atoms with van der Waals surface area (Å²) < 4.78 is 6.77. The number of imidazole rings is 1. The van der Waals surface area contributed by atoms with Crippen LogP contribution in [-0.2, 0) is 34.0 Å². The number of carbonyl (C=O) groups is 3. The van der Waals surface area contributed by atoms with Crippen molar-refractivity contribution in [2.75, 3.05) is 0 Å². The molecule has 0 aliphatic heterocycles. The van der Waals surface area contributed by atoms with E-state index in [4.69, 9.17) is 9.84 Å². The quantitative estimate of drug-likeness (QED) is 0.454. The van der Waals surface area contributed by atoms with Gasteiger partial charge in [-0.1, -0.05) is 30.3 Å². The first-order valence-electron chi connectivity index (χ1n) is 8.94. The third-order valence-electron chi connectivity index (χ3n) is 3.95. The summed E-state index contributed by atoms with van der Waals surface area (Å²) in [5, 5.41) is 23.1. The van der Waals surface area contributed by atoms with Gasteiger partial charge in [-0.05, 0) is 10.8 Å². The van der Waals surface area contributed by atoms with E-state index in [1.165, 1.54) is 0 Å². The van der Waals surface area contributed by atoms with E-state index < -0.39 is 30.3 Å². The van der Waals surface area contributed by atoms with Gasteiger partial charge >= 0.3 is 12.1 Å². The van der Waals surface area contributed by atoms with E-state index in [9.17, 15) is 14.4 Å². The Hall–Kier alpha value is -3.80. The number of rotatable bonds is 10. The Labute approximate surface area is 182 Å². The first-order chi connectivity index (χ1) is 14.5. The number of carboxylic acids is 1. The summed E-state index contributed by atoms with van der Waals surface area (Å²) in [4.78, 5) is 40.6. The molecule has 2 heterocycles. The fraction of sp³-hybridized carbons (Fsp3) is 0.278. The number of ketones is 1. The van der Waals surface area contributed by atoms with Gasteiger partial charge in [0.15, 0.2) is 11.6 Å². The van der Waals surface area contributed by atoms with E-state index in [0.29, 0.717) is 12.4 Å². The van der Waals surface area contributed by atoms with E-state index in [1.807, 2.05) is 6.07 Å². The number of nitrogens with zero attached hydrogens (tertiary/aromatic N) is 6. The lowest BCUT2D eigenvalue weighted by Gasteiger charge is -2.15. The minimum Gasteiger partial charge on any atom is -0.481 e. The Morgan fingerprint density at radius 2 is 1.97 bits per heavy atom. The molecule has 2 aromatic heterocycles. The molecule has 1 unspecified atom stereocenters. The third-order valence-corrected chi connectivity index (χ3v) is 3.95. The number of aliphatic carboxylic acids is 1. The summed E-state index contributed by atoms with van der Waals surface area (Å²) in [6.45, 7) is -0.0481. The largest absolute Gasteiger partial charge is 0.481 e. The molecule has 0 aliphatic rings. The number of carbonyl (C=O) groups excluding carboxylic acids is 2. The van der Waals surface area contributed by atoms with Crippen molar-refractivity contribution in [3.8, 4) is 0 Å². The second-order valence-corrected chi connectivity index (χ2v) is 6.29. The highest BCUT2D eigenvalue weighted by atomic mass is 35.5. The highest BCUT2D eigenvalue weighted by Gasteiger charge is 2.25. The maximum Gasteiger partial charge on any atom is 0.408 e. The number of tetrazole rings is 1. The van der Waals surface area contributed by atoms with Crippen molar-refractivity contribution in [2.45, 2.75) is 32.2 Å². The molecule has 1 atom stereocenters. The van der Waals surface area contributed by atoms with E-state index >= 15 is 0 Å². The summed E-state index contributed by atoms with van der Waals surface area (Å²) in [7, 11) is 0. The molecule has 0 aliphatic carbocycles. The summed E-state index contributed by atoms with van der Waals surface area (Å²) in [6.07, 6.45) is 3.41. The molecular weight excluding hydrogens is 430 g/mol. The monoisotopic (exact) mass is 449 g/mol. The smallest absolute Gasteiger partial charge is 0.408 e. The molecule has 1 aromatic carbocycles. The van der Waals surface area contributed by atoms with Crippen LogP contribution in [0.1, 0.15) is 17.8 Å². The fourth-order valence-electron chi connectivity index (χ4n) is 2.53. The Kier molecular flexibility index (Phi) is 8.64. The molecular formula is C18H20ClN7O5. The number of Topliss-reactive ketones (excluding diaryl/α,β-unsaturated/α-hetero) is 1. The molecule has 0 radical (unpaired) electrons. The summed E-state index contributed by atoms with van der Waals surface area (Å²) in [5.74, 6) is -1.49. The zero-order valence-corrected chi connectivity index (χ0v) is 17.0. The van der Waals surface area contributed by atoms with E-state index in [1.54, 1.807) is 47.6 Å². The first kappa shape index (κ1) is 23.5. The molecule has 1 amide bonds. The topological polar surface area (TPSA) is 154 Å². The average Bonchev–Trinajstić information content (AvgIpc) is 3.39. The summed E-state index contributed by atoms with van der Waals surface area (Å²) in [6, 6.07) is 7.65. The number of hydrogen-bond donors (Lipinski definition) is 2. The van der Waals surface area contributed by atoms with Crippen molar-refractivity contribution in [1.29, 1.82) is 0 Å². The van der Waals surface area contributed by atoms with Gasteiger partial charge in [0.05, 0.1) is 19.3 Å². The molecule has 3 aromatic rings. The van der Waals surface area contributed by atoms with Crippen molar-refractivity contribution < 1.29 is 24.2 Å². The van der Waals surface area contributed by atoms with Crippen molar-refractivity contribution in [2.24, 2.45) is 0 Å². The fourth-order valence-corrected chi connectivity index (χ4v) is 2.53. The van der Waals surface area contributed by atoms with Crippen LogP contribution in [0.5, 0.6) is 0 Å². The van der Waals surface area contributed by atoms with E-state index in [-0.39, 0.29) is 25.6 Å². The lowest BCUT2D eigenvalue weighted by Crippen LogP contribution is -2.44. The summed E-state index contributed by atoms with van der Waals surface area (Å²) >= 11 is 0. The predicted molar refractivity (Wildman–Crippen MR) is 107 cm³/mol. The zero-order chi connectivity index (χ0) is 21.3. The Morgan fingerprint density at radius 3 is 2.65 bits per heavy atom. The van der Waals surface area contributed by atoms with Gasteiger partial charge in [0, 0.05) is 12.4 Å². The molecule has 0 saturated carbocycles. The van der Waals surface area contributed by atoms with Crippen LogP contribution in [0.2, 0.25) is 0 Å². The Morgan fingerprint density at radius 1 is 1.19 bits per heavy atom. The highest BCUT2D eigenvalue weighted by Crippen LogP contribution is 2.03. The minimum atomic E-state index is -1.30. The number of nitrogens with one attached hydrogen (secondary N) is 1. The molecule has 0 spiro atoms. The first-order valence-corrected chi connectivity index (χ1v) is 8.94. The number of halogens is 1. The maximum atomic E-state index is 12.5. The number of aromatic nitrogens is 6. The van der Waals surface area contributed by atoms with E-state index in [0.717, 1.165) is 10.4 Å². The standard InChI is InChI=1S/C18H19N7O5.ClH/c26-15(9-25-22-16(21-23-25)10-24-7-6-19-12-24)14(8-17(27)28)20-18(29)30-11-13-4-2-1-3-5-13;/h1-7,12,14H,8-11H2,(H,20,29)(H,27,28);1H. The van der Waals surface area contributed by atoms with Gasteiger partial charge in [0.2, 0.25) is 0 Å². The number of ether oxygens (including phenoxy) is 1. The minimum absolute atomic E-state index is 0. The molecule has 0 bridgehead atoms. The Bertz CT molecular complexity index is 994. The Balaban J connectivity index is 0.00000341. The lowest BCUT2D eigenvalue weighted by atomic mass is 10.1. The zero-order valence-electron chi connectivity index (χ0n) is 16.2. The van der Waals surface area contributed by atoms with Gasteiger partial charge in [-0.25, -0.2) is 9.78 Å². The third kappa shape index (κ3) is 7.51. The van der Waals surface area contributed by atoms with Gasteiger partial charge in [0.25, 0.3) is 0 Å². The highest BCUT2D eigenvalue weighted by molar-refractivity contribution is 5.90. The van der Waals surface area contributed by atoms with Crippen molar-refractivity contribution in [3.05, 3.63) is 60.4 Å². The van der Waals surface area contributed by atoms with Gasteiger partial charge in [-0.3, -0.25) is 9.59 Å². The summed E-state index contributed by atoms with van der Waals surface area (Å²) in [5.41, 5.74) is 0.756. The van der Waals surface area contributed by atoms with Crippen molar-refractivity contribution in [3.63, 3.8) is 0 Å². The average molecular weight is 450 g/mol. The van der Waals surface area contributed by atoms with Gasteiger partial charge in [-0.2, -0.15) is 4.80 Å². The second kappa shape index (κ2) is 11.4. The van der Waals surface area contributed by atoms with Crippen LogP contribution >= 0.6 is 12.4 Å². The number of benzene rings is 1.